The number of benzene rings is 1. The first-order valence-corrected chi connectivity index (χ1v) is 13.2. The molecule has 1 amide bonds. The quantitative estimate of drug-likeness (QED) is 0.428. The molecule has 2 heterocycles. The zero-order valence-electron chi connectivity index (χ0n) is 19.2. The second-order valence-electron chi connectivity index (χ2n) is 8.11. The number of amides is 1. The standard InChI is InChI=1S/C23H28FN3O5S2/c1-4-21-25-7-8-27(21)14-17-6-5-16(12-20(17)24)19-13-18(11-15(2)3)33-22(19)34(30,31)26-23(29)32-10-9-28/h5-8,12-13,15,28H,4,9-11,14H2,1-3H3,(H,26,29). The van der Waals surface area contributed by atoms with E-state index in [4.69, 9.17) is 5.11 Å². The van der Waals surface area contributed by atoms with Gasteiger partial charge in [-0.15, -0.1) is 11.3 Å². The van der Waals surface area contributed by atoms with Gasteiger partial charge in [-0.3, -0.25) is 0 Å². The molecule has 0 saturated heterocycles. The lowest BCUT2D eigenvalue weighted by Gasteiger charge is -2.11. The van der Waals surface area contributed by atoms with E-state index in [1.807, 2.05) is 30.1 Å². The van der Waals surface area contributed by atoms with Crippen LogP contribution in [-0.2, 0) is 34.1 Å². The van der Waals surface area contributed by atoms with Crippen LogP contribution in [0, 0.1) is 11.7 Å². The van der Waals surface area contributed by atoms with Crippen LogP contribution in [-0.4, -0.2) is 42.4 Å². The lowest BCUT2D eigenvalue weighted by atomic mass is 10.0. The number of nitrogens with zero attached hydrogens (tertiary/aromatic N) is 2. The van der Waals surface area contributed by atoms with Gasteiger partial charge in [0.25, 0.3) is 10.0 Å². The SMILES string of the molecule is CCc1nccn1Cc1ccc(-c2cc(CC(C)C)sc2S(=O)(=O)NC(=O)OCCO)cc1F. The molecule has 0 unspecified atom stereocenters. The van der Waals surface area contributed by atoms with Crippen molar-refractivity contribution < 1.29 is 27.4 Å². The Kier molecular flexibility index (Phi) is 8.45. The third kappa shape index (κ3) is 6.22. The van der Waals surface area contributed by atoms with Crippen LogP contribution in [0.15, 0.2) is 40.9 Å². The number of aliphatic hydroxyl groups excluding tert-OH is 1. The number of hydrogen-bond acceptors (Lipinski definition) is 7. The molecule has 3 rings (SSSR count). The van der Waals surface area contributed by atoms with Gasteiger partial charge in [-0.05, 0) is 30.0 Å². The van der Waals surface area contributed by atoms with Crippen molar-refractivity contribution in [1.82, 2.24) is 14.3 Å². The molecule has 2 N–H and O–H groups in total. The van der Waals surface area contributed by atoms with Gasteiger partial charge < -0.3 is 14.4 Å². The molecule has 0 aliphatic heterocycles. The highest BCUT2D eigenvalue weighted by Crippen LogP contribution is 2.37. The highest BCUT2D eigenvalue weighted by atomic mass is 32.2. The fourth-order valence-corrected chi connectivity index (χ4v) is 6.32. The van der Waals surface area contributed by atoms with Crippen LogP contribution in [0.1, 0.15) is 37.0 Å². The van der Waals surface area contributed by atoms with Crippen molar-refractivity contribution in [1.29, 1.82) is 0 Å². The summed E-state index contributed by atoms with van der Waals surface area (Å²) in [5.41, 5.74) is 1.15. The van der Waals surface area contributed by atoms with Crippen LogP contribution in [0.2, 0.25) is 0 Å². The Balaban J connectivity index is 1.97. The van der Waals surface area contributed by atoms with Crippen LogP contribution < -0.4 is 4.72 Å². The number of rotatable bonds is 10. The van der Waals surface area contributed by atoms with Crippen molar-refractivity contribution >= 4 is 27.5 Å². The van der Waals surface area contributed by atoms with Crippen molar-refractivity contribution in [3.8, 4) is 11.1 Å². The maximum atomic E-state index is 15.1. The molecule has 0 atom stereocenters. The number of ether oxygens (including phenoxy) is 1. The molecular weight excluding hydrogens is 481 g/mol. The summed E-state index contributed by atoms with van der Waals surface area (Å²) in [5.74, 6) is 0.641. The molecular formula is C23H28FN3O5S2. The minimum Gasteiger partial charge on any atom is -0.446 e. The molecule has 0 fully saturated rings. The van der Waals surface area contributed by atoms with Crippen molar-refractivity contribution in [2.45, 2.75) is 44.4 Å². The molecule has 3 aromatic rings. The Morgan fingerprint density at radius 2 is 2.09 bits per heavy atom. The maximum absolute atomic E-state index is 15.1. The molecule has 0 saturated carbocycles. The number of thiophene rings is 1. The largest absolute Gasteiger partial charge is 0.446 e. The van der Waals surface area contributed by atoms with E-state index in [0.29, 0.717) is 29.7 Å². The Bertz CT molecular complexity index is 1250. The van der Waals surface area contributed by atoms with E-state index in [1.54, 1.807) is 30.6 Å². The van der Waals surface area contributed by atoms with Gasteiger partial charge in [0.15, 0.2) is 0 Å². The van der Waals surface area contributed by atoms with Crippen molar-refractivity contribution in [2.75, 3.05) is 13.2 Å². The number of halogens is 1. The molecule has 0 aliphatic carbocycles. The van der Waals surface area contributed by atoms with E-state index in [2.05, 4.69) is 9.72 Å². The molecule has 11 heteroatoms. The first kappa shape index (κ1) is 25.9. The first-order valence-electron chi connectivity index (χ1n) is 10.9. The number of carbonyl (C=O) groups excluding carboxylic acids is 1. The summed E-state index contributed by atoms with van der Waals surface area (Å²) >= 11 is 1.03. The van der Waals surface area contributed by atoms with Gasteiger partial charge in [-0.2, -0.15) is 0 Å². The van der Waals surface area contributed by atoms with Crippen LogP contribution in [0.4, 0.5) is 9.18 Å². The Morgan fingerprint density at radius 1 is 1.32 bits per heavy atom. The van der Waals surface area contributed by atoms with Crippen LogP contribution in [0.3, 0.4) is 0 Å². The Morgan fingerprint density at radius 3 is 2.74 bits per heavy atom. The summed E-state index contributed by atoms with van der Waals surface area (Å²) < 4.78 is 49.2. The van der Waals surface area contributed by atoms with Gasteiger partial charge >= 0.3 is 6.09 Å². The van der Waals surface area contributed by atoms with Gasteiger partial charge in [0.05, 0.1) is 13.2 Å². The predicted octanol–water partition coefficient (Wildman–Crippen LogP) is 3.97. The minimum absolute atomic E-state index is 0.0980. The number of aliphatic hydroxyl groups is 1. The maximum Gasteiger partial charge on any atom is 0.421 e. The van der Waals surface area contributed by atoms with Crippen LogP contribution in [0.5, 0.6) is 0 Å². The summed E-state index contributed by atoms with van der Waals surface area (Å²) in [7, 11) is -4.28. The highest BCUT2D eigenvalue weighted by Gasteiger charge is 2.27. The van der Waals surface area contributed by atoms with E-state index in [9.17, 15) is 13.2 Å². The number of carbonyl (C=O) groups is 1. The zero-order valence-corrected chi connectivity index (χ0v) is 20.9. The number of aromatic nitrogens is 2. The molecule has 0 spiro atoms. The minimum atomic E-state index is -4.28. The van der Waals surface area contributed by atoms with Gasteiger partial charge in [0.1, 0.15) is 22.5 Å². The predicted molar refractivity (Wildman–Crippen MR) is 128 cm³/mol. The fourth-order valence-electron chi connectivity index (χ4n) is 3.48. The smallest absolute Gasteiger partial charge is 0.421 e. The van der Waals surface area contributed by atoms with Gasteiger partial charge in [0, 0.05) is 34.8 Å². The van der Waals surface area contributed by atoms with Gasteiger partial charge in [-0.25, -0.2) is 27.3 Å². The Labute approximate surface area is 202 Å². The second-order valence-corrected chi connectivity index (χ2v) is 11.1. The normalized spacial score (nSPS) is 11.7. The monoisotopic (exact) mass is 509 g/mol. The Hall–Kier alpha value is -2.76. The topological polar surface area (TPSA) is 111 Å². The molecule has 8 nitrogen and oxygen atoms in total. The lowest BCUT2D eigenvalue weighted by Crippen LogP contribution is -2.31. The molecule has 34 heavy (non-hydrogen) atoms. The number of aryl methyl sites for hydroxylation is 1. The van der Waals surface area contributed by atoms with E-state index >= 15 is 4.39 Å². The molecule has 0 aliphatic rings. The molecule has 0 radical (unpaired) electrons. The first-order chi connectivity index (χ1) is 16.1. The number of nitrogens with one attached hydrogen (secondary N) is 1. The van der Waals surface area contributed by atoms with Crippen molar-refractivity contribution in [3.63, 3.8) is 0 Å². The second kappa shape index (κ2) is 11.1. The van der Waals surface area contributed by atoms with E-state index in [-0.39, 0.29) is 16.7 Å². The van der Waals surface area contributed by atoms with E-state index in [1.165, 1.54) is 6.07 Å². The number of imidazole rings is 1. The summed E-state index contributed by atoms with van der Waals surface area (Å²) in [6, 6.07) is 6.33. The van der Waals surface area contributed by atoms with Gasteiger partial charge in [-0.1, -0.05) is 32.9 Å². The summed E-state index contributed by atoms with van der Waals surface area (Å²) in [6.07, 6.45) is 3.61. The zero-order chi connectivity index (χ0) is 24.9. The average Bonchev–Trinajstić information content (AvgIpc) is 3.40. The van der Waals surface area contributed by atoms with E-state index in [0.717, 1.165) is 28.5 Å². The van der Waals surface area contributed by atoms with Crippen LogP contribution in [0.25, 0.3) is 11.1 Å². The lowest BCUT2D eigenvalue weighted by molar-refractivity contribution is 0.124. The summed E-state index contributed by atoms with van der Waals surface area (Å²) in [6.45, 7) is 5.53. The third-order valence-electron chi connectivity index (χ3n) is 4.97. The fraction of sp³-hybridized carbons (Fsp3) is 0.391. The molecule has 2 aromatic heterocycles. The summed E-state index contributed by atoms with van der Waals surface area (Å²) in [5, 5.41) is 8.78. The number of sulfonamides is 1. The summed E-state index contributed by atoms with van der Waals surface area (Å²) in [4.78, 5) is 16.9. The van der Waals surface area contributed by atoms with Gasteiger partial charge in [0.2, 0.25) is 0 Å². The molecule has 184 valence electrons. The highest BCUT2D eigenvalue weighted by molar-refractivity contribution is 7.92. The third-order valence-corrected chi connectivity index (χ3v) is 7.97. The van der Waals surface area contributed by atoms with Crippen molar-refractivity contribution in [3.05, 3.63) is 58.7 Å². The van der Waals surface area contributed by atoms with Crippen LogP contribution >= 0.6 is 11.3 Å². The molecule has 1 aromatic carbocycles. The van der Waals surface area contributed by atoms with E-state index < -0.39 is 28.5 Å². The average molecular weight is 510 g/mol. The number of hydrogen-bond donors (Lipinski definition) is 2. The van der Waals surface area contributed by atoms with Crippen molar-refractivity contribution in [2.24, 2.45) is 5.92 Å². The molecule has 0 bridgehead atoms.